The molecule has 0 aliphatic rings. The smallest absolute Gasteiger partial charge is 0.274 e. The third kappa shape index (κ3) is 3.86. The van der Waals surface area contributed by atoms with Gasteiger partial charge in [-0.3, -0.25) is 10.1 Å². The number of nitrogens with zero attached hydrogens (tertiary/aromatic N) is 1. The highest BCUT2D eigenvalue weighted by molar-refractivity contribution is 6.34. The zero-order chi connectivity index (χ0) is 15.6. The Morgan fingerprint density at radius 1 is 1.05 bits per heavy atom. The van der Waals surface area contributed by atoms with E-state index in [1.807, 2.05) is 6.92 Å². The number of aryl methyl sites for hydroxylation is 2. The highest BCUT2D eigenvalue weighted by Gasteiger charge is 2.13. The molecule has 0 aliphatic heterocycles. The molecule has 1 N–H and O–H groups in total. The van der Waals surface area contributed by atoms with Crippen molar-refractivity contribution >= 4 is 34.6 Å². The van der Waals surface area contributed by atoms with E-state index in [0.29, 0.717) is 22.2 Å². The number of hydrogen-bond donors (Lipinski definition) is 1. The van der Waals surface area contributed by atoms with E-state index < -0.39 is 0 Å². The molecule has 0 bridgehead atoms. The third-order valence-electron chi connectivity index (χ3n) is 3.14. The van der Waals surface area contributed by atoms with Gasteiger partial charge in [0, 0.05) is 33.9 Å². The first-order chi connectivity index (χ1) is 9.86. The second kappa shape index (κ2) is 6.33. The molecule has 6 heteroatoms. The Morgan fingerprint density at radius 2 is 1.67 bits per heavy atom. The Hall–Kier alpha value is -1.78. The van der Waals surface area contributed by atoms with Crippen LogP contribution in [0.5, 0.6) is 0 Å². The van der Waals surface area contributed by atoms with Crippen molar-refractivity contribution in [3.8, 4) is 0 Å². The van der Waals surface area contributed by atoms with E-state index >= 15 is 0 Å². The summed E-state index contributed by atoms with van der Waals surface area (Å²) in [5.74, 6) is 0. The minimum atomic E-state index is -0.379. The summed E-state index contributed by atoms with van der Waals surface area (Å²) in [7, 11) is 0. The fraction of sp³-hybridized carbons (Fsp3) is 0.200. The highest BCUT2D eigenvalue weighted by atomic mass is 35.5. The van der Waals surface area contributed by atoms with Crippen LogP contribution < -0.4 is 5.32 Å². The van der Waals surface area contributed by atoms with E-state index in [0.717, 1.165) is 16.8 Å². The van der Waals surface area contributed by atoms with Gasteiger partial charge in [-0.15, -0.1) is 0 Å². The van der Waals surface area contributed by atoms with Crippen LogP contribution in [-0.2, 0) is 6.54 Å². The van der Waals surface area contributed by atoms with Gasteiger partial charge in [-0.05, 0) is 49.2 Å². The summed E-state index contributed by atoms with van der Waals surface area (Å²) in [6, 6.07) is 8.62. The van der Waals surface area contributed by atoms with Crippen molar-refractivity contribution in [2.45, 2.75) is 20.4 Å². The van der Waals surface area contributed by atoms with Crippen LogP contribution in [0, 0.1) is 24.0 Å². The normalized spacial score (nSPS) is 10.5. The summed E-state index contributed by atoms with van der Waals surface area (Å²) in [5.41, 5.74) is 3.34. The molecule has 2 rings (SSSR count). The van der Waals surface area contributed by atoms with Gasteiger partial charge in [-0.1, -0.05) is 23.2 Å². The molecule has 2 aromatic carbocycles. The van der Waals surface area contributed by atoms with Crippen molar-refractivity contribution in [1.29, 1.82) is 0 Å². The van der Waals surface area contributed by atoms with Crippen LogP contribution in [-0.4, -0.2) is 4.92 Å². The molecule has 0 atom stereocenters. The number of nitrogens with one attached hydrogen (secondary N) is 1. The third-order valence-corrected chi connectivity index (χ3v) is 3.58. The highest BCUT2D eigenvalue weighted by Crippen LogP contribution is 2.27. The van der Waals surface area contributed by atoms with Crippen LogP contribution in [0.15, 0.2) is 30.3 Å². The molecule has 0 aliphatic carbocycles. The number of anilines is 1. The molecule has 0 aromatic heterocycles. The molecule has 21 heavy (non-hydrogen) atoms. The molecule has 0 heterocycles. The zero-order valence-corrected chi connectivity index (χ0v) is 13.1. The predicted molar refractivity (Wildman–Crippen MR) is 86.4 cm³/mol. The topological polar surface area (TPSA) is 55.2 Å². The van der Waals surface area contributed by atoms with Crippen LogP contribution >= 0.6 is 23.2 Å². The lowest BCUT2D eigenvalue weighted by Crippen LogP contribution is -2.03. The minimum Gasteiger partial charge on any atom is -0.381 e. The van der Waals surface area contributed by atoms with Crippen LogP contribution in [0.3, 0.4) is 0 Å². The van der Waals surface area contributed by atoms with E-state index in [1.165, 1.54) is 0 Å². The molecule has 110 valence electrons. The molecule has 0 fully saturated rings. The Bertz CT molecular complexity index is 682. The molecule has 0 unspecified atom stereocenters. The van der Waals surface area contributed by atoms with Gasteiger partial charge in [0.05, 0.1) is 4.92 Å². The number of hydrogen-bond acceptors (Lipinski definition) is 3. The van der Waals surface area contributed by atoms with Gasteiger partial charge in [0.2, 0.25) is 0 Å². The monoisotopic (exact) mass is 324 g/mol. The average Bonchev–Trinajstić information content (AvgIpc) is 2.36. The molecule has 0 radical (unpaired) electrons. The SMILES string of the molecule is Cc1cc(C)c([N+](=O)[O-])cc1NCc1cc(Cl)cc(Cl)c1. The standard InChI is InChI=1S/C15H14Cl2N2O2/c1-9-3-10(2)15(19(20)21)7-14(9)18-8-11-4-12(16)6-13(17)5-11/h3-7,18H,8H2,1-2H3. The maximum atomic E-state index is 11.0. The fourth-order valence-corrected chi connectivity index (χ4v) is 2.71. The maximum Gasteiger partial charge on any atom is 0.274 e. The van der Waals surface area contributed by atoms with E-state index in [2.05, 4.69) is 5.32 Å². The van der Waals surface area contributed by atoms with Crippen LogP contribution in [0.2, 0.25) is 10.0 Å². The Balaban J connectivity index is 2.23. The van der Waals surface area contributed by atoms with Crippen molar-refractivity contribution in [2.24, 2.45) is 0 Å². The summed E-state index contributed by atoms with van der Waals surface area (Å²) < 4.78 is 0. The maximum absolute atomic E-state index is 11.0. The molecule has 4 nitrogen and oxygen atoms in total. The summed E-state index contributed by atoms with van der Waals surface area (Å²) in [4.78, 5) is 10.6. The van der Waals surface area contributed by atoms with Gasteiger partial charge in [-0.2, -0.15) is 0 Å². The molecule has 0 amide bonds. The Morgan fingerprint density at radius 3 is 2.24 bits per heavy atom. The predicted octanol–water partition coefficient (Wildman–Crippen LogP) is 5.13. The Labute approximate surface area is 132 Å². The van der Waals surface area contributed by atoms with Crippen molar-refractivity contribution < 1.29 is 4.92 Å². The largest absolute Gasteiger partial charge is 0.381 e. The summed E-state index contributed by atoms with van der Waals surface area (Å²) in [6.45, 7) is 4.12. The average molecular weight is 325 g/mol. The lowest BCUT2D eigenvalue weighted by molar-refractivity contribution is -0.385. The lowest BCUT2D eigenvalue weighted by atomic mass is 10.1. The van der Waals surface area contributed by atoms with Gasteiger partial charge < -0.3 is 5.32 Å². The molecule has 0 spiro atoms. The second-order valence-corrected chi connectivity index (χ2v) is 5.71. The number of halogens is 2. The first-order valence-electron chi connectivity index (χ1n) is 6.31. The van der Waals surface area contributed by atoms with Crippen molar-refractivity contribution in [3.05, 3.63) is 67.2 Å². The van der Waals surface area contributed by atoms with E-state index in [4.69, 9.17) is 23.2 Å². The van der Waals surface area contributed by atoms with Gasteiger partial charge in [0.1, 0.15) is 0 Å². The molecule has 2 aromatic rings. The van der Waals surface area contributed by atoms with E-state index in [1.54, 1.807) is 37.3 Å². The van der Waals surface area contributed by atoms with Gasteiger partial charge in [0.25, 0.3) is 5.69 Å². The van der Waals surface area contributed by atoms with Crippen LogP contribution in [0.1, 0.15) is 16.7 Å². The summed E-state index contributed by atoms with van der Waals surface area (Å²) in [5, 5.41) is 15.3. The van der Waals surface area contributed by atoms with Gasteiger partial charge in [0.15, 0.2) is 0 Å². The lowest BCUT2D eigenvalue weighted by Gasteiger charge is -2.11. The zero-order valence-electron chi connectivity index (χ0n) is 11.6. The van der Waals surface area contributed by atoms with Crippen LogP contribution in [0.4, 0.5) is 11.4 Å². The van der Waals surface area contributed by atoms with Crippen LogP contribution in [0.25, 0.3) is 0 Å². The van der Waals surface area contributed by atoms with Gasteiger partial charge >= 0.3 is 0 Å². The molecule has 0 saturated carbocycles. The van der Waals surface area contributed by atoms with Crippen molar-refractivity contribution in [2.75, 3.05) is 5.32 Å². The Kier molecular flexibility index (Phi) is 4.70. The molecular weight excluding hydrogens is 311 g/mol. The fourth-order valence-electron chi connectivity index (χ4n) is 2.14. The second-order valence-electron chi connectivity index (χ2n) is 4.84. The number of nitro benzene ring substituents is 1. The first-order valence-corrected chi connectivity index (χ1v) is 7.07. The summed E-state index contributed by atoms with van der Waals surface area (Å²) >= 11 is 11.9. The van der Waals surface area contributed by atoms with E-state index in [9.17, 15) is 10.1 Å². The van der Waals surface area contributed by atoms with Gasteiger partial charge in [-0.25, -0.2) is 0 Å². The molecule has 0 saturated heterocycles. The molecular formula is C15H14Cl2N2O2. The number of nitro groups is 1. The summed E-state index contributed by atoms with van der Waals surface area (Å²) in [6.07, 6.45) is 0. The quantitative estimate of drug-likeness (QED) is 0.626. The number of rotatable bonds is 4. The number of benzene rings is 2. The van der Waals surface area contributed by atoms with E-state index in [-0.39, 0.29) is 10.6 Å². The van der Waals surface area contributed by atoms with Crippen molar-refractivity contribution in [1.82, 2.24) is 0 Å². The first kappa shape index (κ1) is 15.6. The minimum absolute atomic E-state index is 0.104. The van der Waals surface area contributed by atoms with Crippen molar-refractivity contribution in [3.63, 3.8) is 0 Å².